The lowest BCUT2D eigenvalue weighted by atomic mass is 10.2. The van der Waals surface area contributed by atoms with Crippen LogP contribution in [0.25, 0.3) is 5.69 Å². The highest BCUT2D eigenvalue weighted by molar-refractivity contribution is 7.90. The summed E-state index contributed by atoms with van der Waals surface area (Å²) in [5.41, 5.74) is 2.20. The van der Waals surface area contributed by atoms with Crippen LogP contribution in [-0.4, -0.2) is 29.6 Å². The summed E-state index contributed by atoms with van der Waals surface area (Å²) in [4.78, 5) is 0.246. The number of benzene rings is 1. The second kappa shape index (κ2) is 4.70. The van der Waals surface area contributed by atoms with Gasteiger partial charge in [0.1, 0.15) is 0 Å². The Hall–Kier alpha value is -1.82. The van der Waals surface area contributed by atoms with Gasteiger partial charge in [0.15, 0.2) is 9.84 Å². The molecule has 0 aliphatic carbocycles. The van der Waals surface area contributed by atoms with Crippen LogP contribution >= 0.6 is 0 Å². The van der Waals surface area contributed by atoms with Crippen molar-refractivity contribution in [1.82, 2.24) is 9.78 Å². The number of rotatable bonds is 3. The Morgan fingerprint density at radius 2 is 1.84 bits per heavy atom. The number of aryl methyl sites for hydroxylation is 1. The van der Waals surface area contributed by atoms with Crippen molar-refractivity contribution in [2.75, 3.05) is 6.26 Å². The third-order valence-electron chi connectivity index (χ3n) is 3.02. The number of aromatic nitrogens is 2. The van der Waals surface area contributed by atoms with Crippen molar-refractivity contribution in [1.29, 1.82) is 0 Å². The molecule has 0 fully saturated rings. The molecule has 2 aromatic rings. The minimum absolute atomic E-state index is 0.104. The third-order valence-corrected chi connectivity index (χ3v) is 4.15. The molecule has 0 bridgehead atoms. The molecule has 1 heterocycles. The largest absolute Gasteiger partial charge is 0.493 e. The zero-order valence-corrected chi connectivity index (χ0v) is 11.9. The van der Waals surface area contributed by atoms with E-state index in [1.54, 1.807) is 12.1 Å². The SMILES string of the molecule is CCc1c(C)nn(-c2ccc(S(C)(=O)=O)cc2)c1O. The molecular formula is C13H16N2O3S. The molecule has 0 saturated heterocycles. The van der Waals surface area contributed by atoms with Gasteiger partial charge in [-0.1, -0.05) is 6.92 Å². The van der Waals surface area contributed by atoms with Crippen LogP contribution in [0.4, 0.5) is 0 Å². The Labute approximate surface area is 112 Å². The average molecular weight is 280 g/mol. The van der Waals surface area contributed by atoms with Gasteiger partial charge in [0.25, 0.3) is 0 Å². The average Bonchev–Trinajstić information content (AvgIpc) is 2.63. The van der Waals surface area contributed by atoms with Gasteiger partial charge in [-0.15, -0.1) is 0 Å². The molecule has 2 rings (SSSR count). The summed E-state index contributed by atoms with van der Waals surface area (Å²) >= 11 is 0. The zero-order chi connectivity index (χ0) is 14.2. The van der Waals surface area contributed by atoms with Gasteiger partial charge in [-0.25, -0.2) is 13.1 Å². The molecule has 0 aliphatic heterocycles. The van der Waals surface area contributed by atoms with Gasteiger partial charge >= 0.3 is 0 Å². The first kappa shape index (κ1) is 13.6. The van der Waals surface area contributed by atoms with Crippen molar-refractivity contribution in [2.45, 2.75) is 25.2 Å². The van der Waals surface area contributed by atoms with Crippen molar-refractivity contribution in [3.63, 3.8) is 0 Å². The van der Waals surface area contributed by atoms with Crippen LogP contribution < -0.4 is 0 Å². The smallest absolute Gasteiger partial charge is 0.217 e. The second-order valence-corrected chi connectivity index (χ2v) is 6.43. The van der Waals surface area contributed by atoms with E-state index in [1.165, 1.54) is 16.8 Å². The van der Waals surface area contributed by atoms with Gasteiger partial charge in [0, 0.05) is 11.8 Å². The van der Waals surface area contributed by atoms with Crippen molar-refractivity contribution in [2.24, 2.45) is 0 Å². The molecular weight excluding hydrogens is 264 g/mol. The van der Waals surface area contributed by atoms with E-state index in [0.717, 1.165) is 17.5 Å². The lowest BCUT2D eigenvalue weighted by Crippen LogP contribution is -1.99. The first-order valence-electron chi connectivity index (χ1n) is 5.92. The summed E-state index contributed by atoms with van der Waals surface area (Å²) in [6.45, 7) is 3.78. The predicted octanol–water partition coefficient (Wildman–Crippen LogP) is 1.85. The maximum absolute atomic E-state index is 11.4. The van der Waals surface area contributed by atoms with Gasteiger partial charge < -0.3 is 5.11 Å². The molecule has 0 aliphatic rings. The predicted molar refractivity (Wildman–Crippen MR) is 72.5 cm³/mol. The highest BCUT2D eigenvalue weighted by atomic mass is 32.2. The van der Waals surface area contributed by atoms with Crippen LogP contribution in [0.2, 0.25) is 0 Å². The molecule has 102 valence electrons. The summed E-state index contributed by atoms with van der Waals surface area (Å²) in [6.07, 6.45) is 1.85. The summed E-state index contributed by atoms with van der Waals surface area (Å²) < 4.78 is 24.2. The lowest BCUT2D eigenvalue weighted by Gasteiger charge is -2.04. The van der Waals surface area contributed by atoms with Gasteiger partial charge in [0.05, 0.1) is 16.3 Å². The Morgan fingerprint density at radius 3 is 2.26 bits per heavy atom. The minimum Gasteiger partial charge on any atom is -0.493 e. The number of aromatic hydroxyl groups is 1. The van der Waals surface area contributed by atoms with Crippen LogP contribution in [0, 0.1) is 6.92 Å². The van der Waals surface area contributed by atoms with E-state index in [0.29, 0.717) is 12.1 Å². The van der Waals surface area contributed by atoms with E-state index in [2.05, 4.69) is 5.10 Å². The van der Waals surface area contributed by atoms with E-state index >= 15 is 0 Å². The maximum atomic E-state index is 11.4. The van der Waals surface area contributed by atoms with Gasteiger partial charge in [0.2, 0.25) is 5.88 Å². The van der Waals surface area contributed by atoms with E-state index in [1.807, 2.05) is 13.8 Å². The standard InChI is InChI=1S/C13H16N2O3S/c1-4-12-9(2)14-15(13(12)16)10-5-7-11(8-6-10)19(3,17)18/h5-8,16H,4H2,1-3H3. The molecule has 1 N–H and O–H groups in total. The molecule has 1 aromatic carbocycles. The molecule has 1 aromatic heterocycles. The van der Waals surface area contributed by atoms with Gasteiger partial charge in [-0.2, -0.15) is 5.10 Å². The van der Waals surface area contributed by atoms with Crippen LogP contribution in [0.5, 0.6) is 5.88 Å². The number of nitrogens with zero attached hydrogens (tertiary/aromatic N) is 2. The van der Waals surface area contributed by atoms with Crippen molar-refractivity contribution < 1.29 is 13.5 Å². The molecule has 0 amide bonds. The highest BCUT2D eigenvalue weighted by Gasteiger charge is 2.14. The van der Waals surface area contributed by atoms with E-state index in [4.69, 9.17) is 0 Å². The quantitative estimate of drug-likeness (QED) is 0.931. The van der Waals surface area contributed by atoms with Crippen LogP contribution in [0.3, 0.4) is 0 Å². The fraction of sp³-hybridized carbons (Fsp3) is 0.308. The fourth-order valence-electron chi connectivity index (χ4n) is 1.98. The van der Waals surface area contributed by atoms with Gasteiger partial charge in [-0.05, 0) is 37.6 Å². The zero-order valence-electron chi connectivity index (χ0n) is 11.1. The highest BCUT2D eigenvalue weighted by Crippen LogP contribution is 2.25. The number of sulfone groups is 1. The van der Waals surface area contributed by atoms with E-state index < -0.39 is 9.84 Å². The van der Waals surface area contributed by atoms with Crippen molar-refractivity contribution >= 4 is 9.84 Å². The summed E-state index contributed by atoms with van der Waals surface area (Å²) in [5.74, 6) is 0.104. The Kier molecular flexibility index (Phi) is 3.36. The summed E-state index contributed by atoms with van der Waals surface area (Å²) in [7, 11) is -3.21. The Bertz CT molecular complexity index is 700. The fourth-order valence-corrected chi connectivity index (χ4v) is 2.61. The molecule has 6 heteroatoms. The molecule has 5 nitrogen and oxygen atoms in total. The molecule has 0 radical (unpaired) electrons. The summed E-state index contributed by atoms with van der Waals surface area (Å²) in [5, 5.41) is 14.3. The first-order chi connectivity index (χ1) is 8.84. The maximum Gasteiger partial charge on any atom is 0.217 e. The minimum atomic E-state index is -3.21. The summed E-state index contributed by atoms with van der Waals surface area (Å²) in [6, 6.07) is 6.27. The molecule has 0 spiro atoms. The number of hydrogen-bond donors (Lipinski definition) is 1. The molecule has 0 atom stereocenters. The monoisotopic (exact) mass is 280 g/mol. The van der Waals surface area contributed by atoms with Crippen LogP contribution in [0.1, 0.15) is 18.2 Å². The second-order valence-electron chi connectivity index (χ2n) is 4.42. The molecule has 0 unspecified atom stereocenters. The van der Waals surface area contributed by atoms with Crippen LogP contribution in [-0.2, 0) is 16.3 Å². The normalized spacial score (nSPS) is 11.7. The van der Waals surface area contributed by atoms with Crippen LogP contribution in [0.15, 0.2) is 29.2 Å². The Balaban J connectivity index is 2.49. The molecule has 19 heavy (non-hydrogen) atoms. The van der Waals surface area contributed by atoms with E-state index in [-0.39, 0.29) is 10.8 Å². The van der Waals surface area contributed by atoms with Crippen molar-refractivity contribution in [3.8, 4) is 11.6 Å². The lowest BCUT2D eigenvalue weighted by molar-refractivity contribution is 0.428. The third kappa shape index (κ3) is 2.49. The van der Waals surface area contributed by atoms with Gasteiger partial charge in [-0.3, -0.25) is 0 Å². The molecule has 0 saturated carbocycles. The van der Waals surface area contributed by atoms with E-state index in [9.17, 15) is 13.5 Å². The van der Waals surface area contributed by atoms with Crippen molar-refractivity contribution in [3.05, 3.63) is 35.5 Å². The first-order valence-corrected chi connectivity index (χ1v) is 7.81. The topological polar surface area (TPSA) is 72.2 Å². The number of hydrogen-bond acceptors (Lipinski definition) is 4. The Morgan fingerprint density at radius 1 is 1.26 bits per heavy atom.